The van der Waals surface area contributed by atoms with Crippen LogP contribution in [-0.4, -0.2) is 17.3 Å². The van der Waals surface area contributed by atoms with Crippen molar-refractivity contribution in [1.29, 1.82) is 0 Å². The van der Waals surface area contributed by atoms with Gasteiger partial charge in [-0.3, -0.25) is 4.79 Å². The molecular weight excluding hydrogens is 275 g/mol. The zero-order valence-electron chi connectivity index (χ0n) is 10.2. The summed E-state index contributed by atoms with van der Waals surface area (Å²) in [6, 6.07) is 6.63. The summed E-state index contributed by atoms with van der Waals surface area (Å²) in [5, 5.41) is 2.37. The number of hydrogen-bond donors (Lipinski definition) is 1. The molecule has 0 radical (unpaired) electrons. The number of benzene rings is 1. The van der Waals surface area contributed by atoms with E-state index in [1.54, 1.807) is 30.0 Å². The molecule has 1 N–H and O–H groups in total. The van der Waals surface area contributed by atoms with E-state index in [2.05, 4.69) is 0 Å². The third kappa shape index (κ3) is 3.89. The Morgan fingerprint density at radius 1 is 1.21 bits per heavy atom. The van der Waals surface area contributed by atoms with Gasteiger partial charge < -0.3 is 5.32 Å². The summed E-state index contributed by atoms with van der Waals surface area (Å²) < 4.78 is 36.8. The van der Waals surface area contributed by atoms with E-state index < -0.39 is 12.1 Å². The van der Waals surface area contributed by atoms with Crippen LogP contribution in [0.1, 0.15) is 25.7 Å². The van der Waals surface area contributed by atoms with Gasteiger partial charge in [-0.15, -0.1) is 11.8 Å². The molecule has 0 heterocycles. The van der Waals surface area contributed by atoms with Crippen molar-refractivity contribution in [2.45, 2.75) is 42.0 Å². The van der Waals surface area contributed by atoms with Crippen LogP contribution in [0.25, 0.3) is 0 Å². The lowest BCUT2D eigenvalue weighted by atomic mass is 10.3. The van der Waals surface area contributed by atoms with Gasteiger partial charge in [0.1, 0.15) is 0 Å². The summed E-state index contributed by atoms with van der Waals surface area (Å²) in [5.41, 5.74) is 0.238. The van der Waals surface area contributed by atoms with Gasteiger partial charge in [-0.05, 0) is 25.0 Å². The lowest BCUT2D eigenvalue weighted by Crippen LogP contribution is -2.30. The fraction of sp³-hybridized carbons (Fsp3) is 0.462. The number of anilines is 1. The maximum Gasteiger partial charge on any atom is 0.471 e. The van der Waals surface area contributed by atoms with Crippen molar-refractivity contribution in [3.8, 4) is 0 Å². The highest BCUT2D eigenvalue weighted by atomic mass is 32.2. The van der Waals surface area contributed by atoms with Crippen molar-refractivity contribution in [2.75, 3.05) is 5.32 Å². The highest BCUT2D eigenvalue weighted by molar-refractivity contribution is 8.00. The minimum Gasteiger partial charge on any atom is -0.317 e. The molecule has 19 heavy (non-hydrogen) atoms. The number of carbonyl (C=O) groups excluding carboxylic acids is 1. The Kier molecular flexibility index (Phi) is 4.39. The van der Waals surface area contributed by atoms with Crippen LogP contribution in [0.15, 0.2) is 29.2 Å². The first-order chi connectivity index (χ1) is 8.97. The van der Waals surface area contributed by atoms with Crippen molar-refractivity contribution >= 4 is 23.4 Å². The predicted octanol–water partition coefficient (Wildman–Crippen LogP) is 4.22. The van der Waals surface area contributed by atoms with Crippen LogP contribution in [0.2, 0.25) is 0 Å². The molecule has 0 aromatic heterocycles. The van der Waals surface area contributed by atoms with Crippen molar-refractivity contribution < 1.29 is 18.0 Å². The SMILES string of the molecule is O=C(Nc1ccccc1SC1CCCC1)C(F)(F)F. The number of amides is 1. The summed E-state index contributed by atoms with van der Waals surface area (Å²) in [6.45, 7) is 0. The molecule has 1 fully saturated rings. The number of hydrogen-bond acceptors (Lipinski definition) is 2. The molecule has 6 heteroatoms. The Morgan fingerprint density at radius 3 is 2.47 bits per heavy atom. The predicted molar refractivity (Wildman–Crippen MR) is 69.2 cm³/mol. The molecule has 1 aromatic rings. The van der Waals surface area contributed by atoms with Crippen LogP contribution in [0.4, 0.5) is 18.9 Å². The second kappa shape index (κ2) is 5.86. The van der Waals surface area contributed by atoms with Crippen LogP contribution in [0.5, 0.6) is 0 Å². The molecule has 0 aliphatic heterocycles. The average molecular weight is 289 g/mol. The normalized spacial score (nSPS) is 16.6. The maximum atomic E-state index is 12.3. The van der Waals surface area contributed by atoms with Crippen LogP contribution in [-0.2, 0) is 4.79 Å². The average Bonchev–Trinajstić information content (AvgIpc) is 2.83. The lowest BCUT2D eigenvalue weighted by Gasteiger charge is -2.14. The number of thioether (sulfide) groups is 1. The molecule has 0 bridgehead atoms. The first kappa shape index (κ1) is 14.2. The second-order valence-electron chi connectivity index (χ2n) is 4.47. The molecule has 2 nitrogen and oxygen atoms in total. The minimum atomic E-state index is -4.86. The summed E-state index contributed by atoms with van der Waals surface area (Å²) in [7, 11) is 0. The van der Waals surface area contributed by atoms with E-state index in [0.717, 1.165) is 25.7 Å². The molecule has 1 aromatic carbocycles. The van der Waals surface area contributed by atoms with Crippen LogP contribution < -0.4 is 5.32 Å². The van der Waals surface area contributed by atoms with E-state index in [9.17, 15) is 18.0 Å². The molecule has 1 aliphatic carbocycles. The minimum absolute atomic E-state index is 0.238. The van der Waals surface area contributed by atoms with Gasteiger partial charge in [-0.1, -0.05) is 25.0 Å². The topological polar surface area (TPSA) is 29.1 Å². The van der Waals surface area contributed by atoms with Crippen LogP contribution >= 0.6 is 11.8 Å². The van der Waals surface area contributed by atoms with Gasteiger partial charge in [-0.2, -0.15) is 13.2 Å². The third-order valence-electron chi connectivity index (χ3n) is 2.99. The van der Waals surface area contributed by atoms with E-state index >= 15 is 0 Å². The smallest absolute Gasteiger partial charge is 0.317 e. The summed E-state index contributed by atoms with van der Waals surface area (Å²) >= 11 is 1.55. The molecule has 0 atom stereocenters. The molecule has 0 saturated heterocycles. The molecule has 0 unspecified atom stereocenters. The number of carbonyl (C=O) groups is 1. The summed E-state index contributed by atoms with van der Waals surface area (Å²) in [6.07, 6.45) is -0.382. The van der Waals surface area contributed by atoms with Crippen molar-refractivity contribution in [1.82, 2.24) is 0 Å². The quantitative estimate of drug-likeness (QED) is 0.902. The van der Waals surface area contributed by atoms with Crippen LogP contribution in [0, 0.1) is 0 Å². The lowest BCUT2D eigenvalue weighted by molar-refractivity contribution is -0.167. The first-order valence-electron chi connectivity index (χ1n) is 6.10. The fourth-order valence-electron chi connectivity index (χ4n) is 2.05. The fourth-order valence-corrected chi connectivity index (χ4v) is 3.38. The van der Waals surface area contributed by atoms with Gasteiger partial charge in [0.05, 0.1) is 5.69 Å². The van der Waals surface area contributed by atoms with Gasteiger partial charge >= 0.3 is 12.1 Å². The third-order valence-corrected chi connectivity index (χ3v) is 4.40. The Morgan fingerprint density at radius 2 is 1.84 bits per heavy atom. The molecular formula is C13H14F3NOS. The van der Waals surface area contributed by atoms with Gasteiger partial charge in [0.15, 0.2) is 0 Å². The monoisotopic (exact) mass is 289 g/mol. The Labute approximate surface area is 113 Å². The van der Waals surface area contributed by atoms with E-state index in [1.165, 1.54) is 6.07 Å². The van der Waals surface area contributed by atoms with E-state index in [1.807, 2.05) is 5.32 Å². The molecule has 2 rings (SSSR count). The molecule has 1 amide bonds. The van der Waals surface area contributed by atoms with Gasteiger partial charge in [0.2, 0.25) is 0 Å². The molecule has 1 aliphatic rings. The molecule has 1 saturated carbocycles. The van der Waals surface area contributed by atoms with Crippen LogP contribution in [0.3, 0.4) is 0 Å². The largest absolute Gasteiger partial charge is 0.471 e. The maximum absolute atomic E-state index is 12.3. The molecule has 104 valence electrons. The zero-order valence-corrected chi connectivity index (χ0v) is 11.0. The Balaban J connectivity index is 2.09. The standard InChI is InChI=1S/C13H14F3NOS/c14-13(15,16)12(18)17-10-7-3-4-8-11(10)19-9-5-1-2-6-9/h3-4,7-9H,1-2,5-6H2,(H,17,18). The van der Waals surface area contributed by atoms with E-state index in [-0.39, 0.29) is 5.69 Å². The second-order valence-corrected chi connectivity index (χ2v) is 5.81. The Hall–Kier alpha value is -1.17. The number of nitrogens with one attached hydrogen (secondary N) is 1. The van der Waals surface area contributed by atoms with Crippen molar-refractivity contribution in [3.05, 3.63) is 24.3 Å². The van der Waals surface area contributed by atoms with E-state index in [4.69, 9.17) is 0 Å². The first-order valence-corrected chi connectivity index (χ1v) is 6.98. The number of para-hydroxylation sites is 1. The highest BCUT2D eigenvalue weighted by Gasteiger charge is 2.39. The summed E-state index contributed by atoms with van der Waals surface area (Å²) in [5.74, 6) is -1.92. The van der Waals surface area contributed by atoms with Gasteiger partial charge in [-0.25, -0.2) is 0 Å². The number of rotatable bonds is 3. The van der Waals surface area contributed by atoms with Crippen molar-refractivity contribution in [2.24, 2.45) is 0 Å². The Bertz CT molecular complexity index is 455. The molecule has 0 spiro atoms. The number of halogens is 3. The number of alkyl halides is 3. The highest BCUT2D eigenvalue weighted by Crippen LogP contribution is 2.38. The van der Waals surface area contributed by atoms with Crippen molar-refractivity contribution in [3.63, 3.8) is 0 Å². The van der Waals surface area contributed by atoms with Gasteiger partial charge in [0, 0.05) is 10.1 Å². The van der Waals surface area contributed by atoms with E-state index in [0.29, 0.717) is 10.1 Å². The van der Waals surface area contributed by atoms with Gasteiger partial charge in [0.25, 0.3) is 0 Å². The zero-order chi connectivity index (χ0) is 13.9. The summed E-state index contributed by atoms with van der Waals surface area (Å²) in [4.78, 5) is 11.7.